The highest BCUT2D eigenvalue weighted by atomic mass is 32.1. The van der Waals surface area contributed by atoms with Gasteiger partial charge in [0.05, 0.1) is 10.4 Å². The molecule has 0 aliphatic rings. The van der Waals surface area contributed by atoms with E-state index in [2.05, 4.69) is 6.92 Å². The number of hydrogen-bond acceptors (Lipinski definition) is 5. The number of benzene rings is 2. The van der Waals surface area contributed by atoms with Crippen LogP contribution in [0, 0.1) is 5.41 Å². The second-order valence-corrected chi connectivity index (χ2v) is 7.98. The van der Waals surface area contributed by atoms with Crippen LogP contribution in [0.4, 0.5) is 0 Å². The van der Waals surface area contributed by atoms with Crippen molar-refractivity contribution in [3.8, 4) is 11.1 Å². The number of thiophene rings is 1. The van der Waals surface area contributed by atoms with E-state index in [9.17, 15) is 9.59 Å². The van der Waals surface area contributed by atoms with E-state index in [0.717, 1.165) is 30.4 Å². The normalized spacial score (nSPS) is 11.6. The van der Waals surface area contributed by atoms with Gasteiger partial charge in [0.2, 0.25) is 5.78 Å². The number of nitrogens with one attached hydrogen (secondary N) is 1. The van der Waals surface area contributed by atoms with Gasteiger partial charge in [0.1, 0.15) is 11.8 Å². The molecule has 1 unspecified atom stereocenters. The van der Waals surface area contributed by atoms with E-state index in [1.807, 2.05) is 41.8 Å². The third kappa shape index (κ3) is 5.51. The highest BCUT2D eigenvalue weighted by molar-refractivity contribution is 7.13. The van der Waals surface area contributed by atoms with Gasteiger partial charge in [0, 0.05) is 0 Å². The lowest BCUT2D eigenvalue weighted by molar-refractivity contribution is 0.0406. The topological polar surface area (TPSA) is 67.2 Å². The highest BCUT2D eigenvalue weighted by Crippen LogP contribution is 2.26. The molecule has 0 aliphatic carbocycles. The summed E-state index contributed by atoms with van der Waals surface area (Å²) in [6.45, 7) is 2.08. The molecule has 2 aromatic carbocycles. The number of carbonyl (C=O) groups excluding carboxylic acids is 2. The zero-order chi connectivity index (χ0) is 21.3. The van der Waals surface area contributed by atoms with Crippen LogP contribution in [-0.2, 0) is 4.74 Å². The Labute approximate surface area is 181 Å². The third-order valence-corrected chi connectivity index (χ3v) is 5.75. The number of hydrogen-bond donors (Lipinski definition) is 1. The van der Waals surface area contributed by atoms with Crippen LogP contribution in [0.5, 0.6) is 0 Å². The molecule has 4 nitrogen and oxygen atoms in total. The Kier molecular flexibility index (Phi) is 7.69. The molecule has 0 amide bonds. The summed E-state index contributed by atoms with van der Waals surface area (Å²) < 4.78 is 5.60. The Morgan fingerprint density at radius 3 is 2.30 bits per heavy atom. The van der Waals surface area contributed by atoms with Crippen molar-refractivity contribution in [2.24, 2.45) is 0 Å². The lowest BCUT2D eigenvalue weighted by atomic mass is 10.0. The average Bonchev–Trinajstić information content (AvgIpc) is 3.29. The number of esters is 1. The molecule has 1 aromatic heterocycles. The zero-order valence-corrected chi connectivity index (χ0v) is 17.8. The van der Waals surface area contributed by atoms with E-state index in [1.54, 1.807) is 30.3 Å². The van der Waals surface area contributed by atoms with Crippen LogP contribution in [0.2, 0.25) is 0 Å². The molecular formula is C25H25NO3S. The molecule has 0 fully saturated rings. The average molecular weight is 420 g/mol. The SMILES string of the molecule is CCCCCC(OC(=O)c1ccccc1)C(=N)C(=O)c1cc(-c2ccccc2)cs1. The summed E-state index contributed by atoms with van der Waals surface area (Å²) >= 11 is 1.31. The van der Waals surface area contributed by atoms with Gasteiger partial charge in [-0.25, -0.2) is 4.79 Å². The van der Waals surface area contributed by atoms with Crippen molar-refractivity contribution >= 4 is 28.8 Å². The Morgan fingerprint density at radius 1 is 0.967 bits per heavy atom. The molecule has 1 heterocycles. The molecule has 0 saturated carbocycles. The standard InChI is InChI=1S/C25H25NO3S/c1-2-3-6-15-21(29-25(28)19-13-9-5-10-14-19)23(26)24(27)22-16-20(17-30-22)18-11-7-4-8-12-18/h4-5,7-14,16-17,21,26H,2-3,6,15H2,1H3. The molecule has 5 heteroatoms. The van der Waals surface area contributed by atoms with Crippen molar-refractivity contribution < 1.29 is 14.3 Å². The second kappa shape index (κ2) is 10.6. The molecule has 1 N–H and O–H groups in total. The maximum absolute atomic E-state index is 13.0. The fraction of sp³-hybridized carbons (Fsp3) is 0.240. The van der Waals surface area contributed by atoms with Crippen molar-refractivity contribution in [3.05, 3.63) is 82.6 Å². The summed E-state index contributed by atoms with van der Waals surface area (Å²) in [6, 6.07) is 20.3. The van der Waals surface area contributed by atoms with E-state index in [1.165, 1.54) is 11.3 Å². The summed E-state index contributed by atoms with van der Waals surface area (Å²) in [4.78, 5) is 26.0. The Morgan fingerprint density at radius 2 is 1.63 bits per heavy atom. The van der Waals surface area contributed by atoms with Crippen LogP contribution in [0.15, 0.2) is 72.1 Å². The third-order valence-electron chi connectivity index (χ3n) is 4.83. The Bertz CT molecular complexity index is 996. The Hall–Kier alpha value is -3.05. The number of ketones is 1. The van der Waals surface area contributed by atoms with E-state index in [0.29, 0.717) is 16.9 Å². The van der Waals surface area contributed by atoms with Gasteiger partial charge in [0.25, 0.3) is 0 Å². The number of ether oxygens (including phenoxy) is 1. The summed E-state index contributed by atoms with van der Waals surface area (Å²) in [6.07, 6.45) is 2.37. The minimum atomic E-state index is -0.848. The maximum atomic E-state index is 13.0. The van der Waals surface area contributed by atoms with E-state index in [-0.39, 0.29) is 11.5 Å². The quantitative estimate of drug-likeness (QED) is 0.178. The van der Waals surface area contributed by atoms with Gasteiger partial charge in [-0.15, -0.1) is 11.3 Å². The second-order valence-electron chi connectivity index (χ2n) is 7.06. The van der Waals surface area contributed by atoms with Crippen LogP contribution in [0.25, 0.3) is 11.1 Å². The number of Topliss-reactive ketones (excluding diaryl/α,β-unsaturated/α-hetero) is 1. The number of rotatable bonds is 10. The summed E-state index contributed by atoms with van der Waals surface area (Å²) in [5.74, 6) is -0.893. The monoisotopic (exact) mass is 419 g/mol. The first kappa shape index (κ1) is 21.7. The predicted molar refractivity (Wildman–Crippen MR) is 122 cm³/mol. The molecule has 3 rings (SSSR count). The van der Waals surface area contributed by atoms with Gasteiger partial charge in [0.15, 0.2) is 0 Å². The highest BCUT2D eigenvalue weighted by Gasteiger charge is 2.27. The molecule has 0 saturated heterocycles. The van der Waals surface area contributed by atoms with Crippen LogP contribution in [0.3, 0.4) is 0 Å². The first-order valence-electron chi connectivity index (χ1n) is 10.1. The van der Waals surface area contributed by atoms with Gasteiger partial charge in [-0.1, -0.05) is 68.3 Å². The Balaban J connectivity index is 1.75. The maximum Gasteiger partial charge on any atom is 0.338 e. The molecule has 3 aromatic rings. The fourth-order valence-corrected chi connectivity index (χ4v) is 4.00. The van der Waals surface area contributed by atoms with Crippen molar-refractivity contribution in [2.45, 2.75) is 38.7 Å². The van der Waals surface area contributed by atoms with E-state index in [4.69, 9.17) is 10.1 Å². The van der Waals surface area contributed by atoms with E-state index >= 15 is 0 Å². The fourth-order valence-electron chi connectivity index (χ4n) is 3.13. The van der Waals surface area contributed by atoms with E-state index < -0.39 is 12.1 Å². The molecular weight excluding hydrogens is 394 g/mol. The summed E-state index contributed by atoms with van der Waals surface area (Å²) in [7, 11) is 0. The molecule has 1 atom stereocenters. The minimum absolute atomic E-state index is 0.170. The summed E-state index contributed by atoms with van der Waals surface area (Å²) in [5, 5.41) is 10.4. The van der Waals surface area contributed by atoms with Gasteiger partial charge in [-0.05, 0) is 47.5 Å². The first-order valence-corrected chi connectivity index (χ1v) is 11.0. The minimum Gasteiger partial charge on any atom is -0.452 e. The lowest BCUT2D eigenvalue weighted by Crippen LogP contribution is -2.32. The van der Waals surface area contributed by atoms with Crippen LogP contribution >= 0.6 is 11.3 Å². The number of carbonyl (C=O) groups is 2. The summed E-state index contributed by atoms with van der Waals surface area (Å²) in [5.41, 5.74) is 2.22. The molecule has 0 bridgehead atoms. The first-order chi connectivity index (χ1) is 14.6. The van der Waals surface area contributed by atoms with Crippen molar-refractivity contribution in [3.63, 3.8) is 0 Å². The molecule has 0 radical (unpaired) electrons. The molecule has 0 spiro atoms. The van der Waals surface area contributed by atoms with Crippen LogP contribution < -0.4 is 0 Å². The molecule has 0 aliphatic heterocycles. The van der Waals surface area contributed by atoms with Crippen molar-refractivity contribution in [1.82, 2.24) is 0 Å². The smallest absolute Gasteiger partial charge is 0.338 e. The molecule has 30 heavy (non-hydrogen) atoms. The zero-order valence-electron chi connectivity index (χ0n) is 17.0. The van der Waals surface area contributed by atoms with Gasteiger partial charge in [-0.3, -0.25) is 10.2 Å². The van der Waals surface area contributed by atoms with Crippen LogP contribution in [-0.4, -0.2) is 23.6 Å². The van der Waals surface area contributed by atoms with Crippen molar-refractivity contribution in [1.29, 1.82) is 5.41 Å². The van der Waals surface area contributed by atoms with Gasteiger partial charge < -0.3 is 4.74 Å². The van der Waals surface area contributed by atoms with Crippen molar-refractivity contribution in [2.75, 3.05) is 0 Å². The number of unbranched alkanes of at least 4 members (excludes halogenated alkanes) is 2. The van der Waals surface area contributed by atoms with Gasteiger partial charge >= 0.3 is 5.97 Å². The molecule has 154 valence electrons. The predicted octanol–water partition coefficient (Wildman–Crippen LogP) is 6.42. The largest absolute Gasteiger partial charge is 0.452 e. The lowest BCUT2D eigenvalue weighted by Gasteiger charge is -2.18. The van der Waals surface area contributed by atoms with Gasteiger partial charge in [-0.2, -0.15) is 0 Å². The van der Waals surface area contributed by atoms with Crippen LogP contribution in [0.1, 0.15) is 52.6 Å².